The van der Waals surface area contributed by atoms with Crippen LogP contribution in [-0.2, 0) is 9.59 Å². The van der Waals surface area contributed by atoms with Crippen LogP contribution in [0.5, 0.6) is 0 Å². The van der Waals surface area contributed by atoms with E-state index in [4.69, 9.17) is 0 Å². The lowest BCUT2D eigenvalue weighted by Crippen LogP contribution is -2.39. The van der Waals surface area contributed by atoms with E-state index in [0.29, 0.717) is 5.69 Å². The van der Waals surface area contributed by atoms with Gasteiger partial charge in [0, 0.05) is 0 Å². The fourth-order valence-electron chi connectivity index (χ4n) is 3.54. The molecule has 0 bridgehead atoms. The van der Waals surface area contributed by atoms with Gasteiger partial charge in [0.25, 0.3) is 5.91 Å². The van der Waals surface area contributed by atoms with Crippen LogP contribution in [0.4, 0.5) is 10.1 Å². The Morgan fingerprint density at radius 2 is 1.48 bits per heavy atom. The van der Waals surface area contributed by atoms with E-state index in [2.05, 4.69) is 12.2 Å². The number of unbranched alkanes of at least 4 members (excludes halogenated alkanes) is 9. The first-order valence-corrected chi connectivity index (χ1v) is 10.5. The number of benzene rings is 1. The third-order valence-corrected chi connectivity index (χ3v) is 5.15. The molecule has 150 valence electrons. The topological polar surface area (TPSA) is 49.4 Å². The van der Waals surface area contributed by atoms with Crippen LogP contribution in [0.1, 0.15) is 77.6 Å². The number of hydrogen-bond donors (Lipinski definition) is 1. The molecule has 0 saturated carbocycles. The second-order valence-electron chi connectivity index (χ2n) is 7.44. The van der Waals surface area contributed by atoms with Crippen molar-refractivity contribution in [2.75, 3.05) is 11.4 Å². The molecule has 1 aromatic carbocycles. The smallest absolute Gasteiger partial charge is 0.251 e. The van der Waals surface area contributed by atoms with Gasteiger partial charge in [0.1, 0.15) is 5.82 Å². The Hall–Kier alpha value is -1.75. The molecule has 1 atom stereocenters. The van der Waals surface area contributed by atoms with Crippen molar-refractivity contribution in [1.82, 2.24) is 5.32 Å². The highest BCUT2D eigenvalue weighted by molar-refractivity contribution is 6.22. The first kappa shape index (κ1) is 21.5. The van der Waals surface area contributed by atoms with Gasteiger partial charge in [-0.3, -0.25) is 9.59 Å². The van der Waals surface area contributed by atoms with Crippen molar-refractivity contribution in [2.45, 2.75) is 83.6 Å². The number of imide groups is 1. The molecular formula is C22H33FN2O2. The minimum atomic E-state index is -0.457. The highest BCUT2D eigenvalue weighted by atomic mass is 19.1. The average molecular weight is 377 g/mol. The van der Waals surface area contributed by atoms with Gasteiger partial charge in [-0.2, -0.15) is 0 Å². The number of carbonyl (C=O) groups is 2. The van der Waals surface area contributed by atoms with E-state index in [-0.39, 0.29) is 24.1 Å². The number of halogens is 1. The van der Waals surface area contributed by atoms with Crippen LogP contribution in [0.25, 0.3) is 0 Å². The molecule has 1 aromatic rings. The minimum Gasteiger partial charge on any atom is -0.305 e. The summed E-state index contributed by atoms with van der Waals surface area (Å²) in [5.41, 5.74) is 0.439. The molecule has 2 rings (SSSR count). The molecule has 0 radical (unpaired) electrons. The molecule has 1 N–H and O–H groups in total. The monoisotopic (exact) mass is 376 g/mol. The lowest BCUT2D eigenvalue weighted by molar-refractivity contribution is -0.121. The summed E-state index contributed by atoms with van der Waals surface area (Å²) in [7, 11) is 0. The molecule has 1 aliphatic heterocycles. The van der Waals surface area contributed by atoms with Crippen LogP contribution in [0.15, 0.2) is 24.3 Å². The highest BCUT2D eigenvalue weighted by Crippen LogP contribution is 2.23. The van der Waals surface area contributed by atoms with E-state index in [1.54, 1.807) is 0 Å². The maximum atomic E-state index is 13.0. The van der Waals surface area contributed by atoms with Gasteiger partial charge < -0.3 is 5.32 Å². The van der Waals surface area contributed by atoms with E-state index >= 15 is 0 Å². The number of amides is 2. The summed E-state index contributed by atoms with van der Waals surface area (Å²) >= 11 is 0. The van der Waals surface area contributed by atoms with Crippen LogP contribution < -0.4 is 10.2 Å². The number of nitrogens with one attached hydrogen (secondary N) is 1. The number of carbonyl (C=O) groups excluding carboxylic acids is 2. The predicted molar refractivity (Wildman–Crippen MR) is 107 cm³/mol. The number of hydrogen-bond acceptors (Lipinski definition) is 3. The third-order valence-electron chi connectivity index (χ3n) is 5.15. The first-order chi connectivity index (χ1) is 13.1. The SMILES string of the molecule is CCCCCCCCCCCCN[C@@H]1CC(=O)N(c2ccc(F)cc2)C1=O. The quantitative estimate of drug-likeness (QED) is 0.391. The summed E-state index contributed by atoms with van der Waals surface area (Å²) in [5.74, 6) is -0.848. The van der Waals surface area contributed by atoms with Gasteiger partial charge in [-0.1, -0.05) is 64.7 Å². The summed E-state index contributed by atoms with van der Waals surface area (Å²) < 4.78 is 13.0. The summed E-state index contributed by atoms with van der Waals surface area (Å²) in [6.07, 6.45) is 12.9. The van der Waals surface area contributed by atoms with Crippen molar-refractivity contribution < 1.29 is 14.0 Å². The molecule has 1 fully saturated rings. The Balaban J connectivity index is 1.58. The van der Waals surface area contributed by atoms with Gasteiger partial charge in [-0.15, -0.1) is 0 Å². The Kier molecular flexibility index (Phi) is 9.46. The Morgan fingerprint density at radius 1 is 0.926 bits per heavy atom. The molecule has 0 unspecified atom stereocenters. The standard InChI is InChI=1S/C22H33FN2O2/c1-2-3-4-5-6-7-8-9-10-11-16-24-20-17-21(26)25(22(20)27)19-14-12-18(23)13-15-19/h12-15,20,24H,2-11,16-17H2,1H3/t20-/m1/s1. The van der Waals surface area contributed by atoms with Gasteiger partial charge in [0.05, 0.1) is 18.2 Å². The zero-order chi connectivity index (χ0) is 19.5. The van der Waals surface area contributed by atoms with Crippen molar-refractivity contribution in [1.29, 1.82) is 0 Å². The minimum absolute atomic E-state index is 0.175. The van der Waals surface area contributed by atoms with Crippen LogP contribution in [0.2, 0.25) is 0 Å². The fourth-order valence-corrected chi connectivity index (χ4v) is 3.54. The van der Waals surface area contributed by atoms with E-state index < -0.39 is 6.04 Å². The molecule has 1 heterocycles. The summed E-state index contributed by atoms with van der Waals surface area (Å²) in [6, 6.07) is 5.01. The van der Waals surface area contributed by atoms with Crippen LogP contribution in [-0.4, -0.2) is 24.4 Å². The zero-order valence-corrected chi connectivity index (χ0v) is 16.5. The molecule has 0 spiro atoms. The maximum absolute atomic E-state index is 13.0. The molecule has 4 nitrogen and oxygen atoms in total. The van der Waals surface area contributed by atoms with Crippen LogP contribution in [0, 0.1) is 5.82 Å². The van der Waals surface area contributed by atoms with Crippen molar-refractivity contribution in [3.8, 4) is 0 Å². The Bertz CT molecular complexity index is 588. The van der Waals surface area contributed by atoms with E-state index in [9.17, 15) is 14.0 Å². The average Bonchev–Trinajstić information content (AvgIpc) is 2.94. The van der Waals surface area contributed by atoms with E-state index in [1.165, 1.54) is 75.6 Å². The van der Waals surface area contributed by atoms with Gasteiger partial charge in [0.15, 0.2) is 0 Å². The van der Waals surface area contributed by atoms with Gasteiger partial charge in [-0.25, -0.2) is 9.29 Å². The first-order valence-electron chi connectivity index (χ1n) is 10.5. The van der Waals surface area contributed by atoms with Crippen molar-refractivity contribution >= 4 is 17.5 Å². The second kappa shape index (κ2) is 11.9. The maximum Gasteiger partial charge on any atom is 0.251 e. The number of anilines is 1. The Morgan fingerprint density at radius 3 is 2.07 bits per heavy atom. The number of nitrogens with zero attached hydrogens (tertiary/aromatic N) is 1. The van der Waals surface area contributed by atoms with Crippen molar-refractivity contribution in [2.24, 2.45) is 0 Å². The van der Waals surface area contributed by atoms with E-state index in [0.717, 1.165) is 24.3 Å². The molecule has 5 heteroatoms. The second-order valence-corrected chi connectivity index (χ2v) is 7.44. The number of rotatable bonds is 13. The molecule has 1 aliphatic rings. The summed E-state index contributed by atoms with van der Waals surface area (Å²) in [5, 5.41) is 3.21. The summed E-state index contributed by atoms with van der Waals surface area (Å²) in [6.45, 7) is 2.99. The zero-order valence-electron chi connectivity index (χ0n) is 16.5. The fraction of sp³-hybridized carbons (Fsp3) is 0.636. The van der Waals surface area contributed by atoms with Gasteiger partial charge in [0.2, 0.25) is 5.91 Å². The predicted octanol–water partition coefficient (Wildman–Crippen LogP) is 4.97. The van der Waals surface area contributed by atoms with Gasteiger partial charge >= 0.3 is 0 Å². The highest BCUT2D eigenvalue weighted by Gasteiger charge is 2.39. The lowest BCUT2D eigenvalue weighted by atomic mass is 10.1. The Labute approximate surface area is 162 Å². The summed E-state index contributed by atoms with van der Waals surface area (Å²) in [4.78, 5) is 25.8. The molecule has 0 aliphatic carbocycles. The van der Waals surface area contributed by atoms with E-state index in [1.807, 2.05) is 0 Å². The molecule has 0 aromatic heterocycles. The lowest BCUT2D eigenvalue weighted by Gasteiger charge is -2.15. The van der Waals surface area contributed by atoms with Crippen LogP contribution in [0.3, 0.4) is 0 Å². The normalized spacial score (nSPS) is 17.1. The molecule has 27 heavy (non-hydrogen) atoms. The van der Waals surface area contributed by atoms with Crippen LogP contribution >= 0.6 is 0 Å². The third kappa shape index (κ3) is 7.06. The largest absolute Gasteiger partial charge is 0.305 e. The molecule has 1 saturated heterocycles. The van der Waals surface area contributed by atoms with Gasteiger partial charge in [-0.05, 0) is 37.2 Å². The van der Waals surface area contributed by atoms with Crippen molar-refractivity contribution in [3.63, 3.8) is 0 Å². The molecule has 2 amide bonds. The molecular weight excluding hydrogens is 343 g/mol. The van der Waals surface area contributed by atoms with Crippen molar-refractivity contribution in [3.05, 3.63) is 30.1 Å².